The fourth-order valence-electron chi connectivity index (χ4n) is 2.58. The van der Waals surface area contributed by atoms with Crippen LogP contribution in [0.2, 0.25) is 0 Å². The molecule has 1 N–H and O–H groups in total. The van der Waals surface area contributed by atoms with Crippen molar-refractivity contribution in [3.8, 4) is 5.69 Å². The number of nitrogens with one attached hydrogen (secondary N) is 1. The molecule has 1 amide bonds. The van der Waals surface area contributed by atoms with Crippen molar-refractivity contribution in [1.82, 2.24) is 10.2 Å². The maximum absolute atomic E-state index is 12.6. The molecular weight excluding hydrogens is 270 g/mol. The highest BCUT2D eigenvalue weighted by Gasteiger charge is 2.35. The SMILES string of the molecule is CC1CCN(C(=O)c2c(=O)o[nH][n+]2-c2ccccc2)CC1. The number of carbonyl (C=O) groups excluding carboxylic acids is 1. The van der Waals surface area contributed by atoms with Crippen LogP contribution in [0.3, 0.4) is 0 Å². The van der Waals surface area contributed by atoms with Crippen LogP contribution in [0.1, 0.15) is 30.3 Å². The first-order chi connectivity index (χ1) is 10.2. The van der Waals surface area contributed by atoms with Crippen LogP contribution in [-0.2, 0) is 0 Å². The van der Waals surface area contributed by atoms with Gasteiger partial charge in [-0.1, -0.05) is 25.1 Å². The zero-order chi connectivity index (χ0) is 14.8. The molecule has 110 valence electrons. The number of rotatable bonds is 2. The molecule has 0 aliphatic carbocycles. The summed E-state index contributed by atoms with van der Waals surface area (Å²) in [5, 5.41) is 2.50. The van der Waals surface area contributed by atoms with Crippen LogP contribution in [0.25, 0.3) is 5.69 Å². The Morgan fingerprint density at radius 1 is 1.29 bits per heavy atom. The van der Waals surface area contributed by atoms with Gasteiger partial charge in [0.25, 0.3) is 0 Å². The van der Waals surface area contributed by atoms with Gasteiger partial charge in [0.2, 0.25) is 5.69 Å². The van der Waals surface area contributed by atoms with Crippen LogP contribution in [-0.4, -0.2) is 29.2 Å². The maximum atomic E-state index is 12.6. The average molecular weight is 288 g/mol. The molecule has 2 heterocycles. The van der Waals surface area contributed by atoms with E-state index in [1.54, 1.807) is 17.0 Å². The minimum Gasteiger partial charge on any atom is -0.333 e. The number of hydrogen-bond acceptors (Lipinski definition) is 3. The molecule has 0 bridgehead atoms. The summed E-state index contributed by atoms with van der Waals surface area (Å²) >= 11 is 0. The second-order valence-electron chi connectivity index (χ2n) is 5.48. The zero-order valence-electron chi connectivity index (χ0n) is 11.9. The van der Waals surface area contributed by atoms with Gasteiger partial charge in [0.05, 0.1) is 0 Å². The zero-order valence-corrected chi connectivity index (χ0v) is 11.9. The van der Waals surface area contributed by atoms with Gasteiger partial charge in [0.15, 0.2) is 0 Å². The number of amides is 1. The number of carbonyl (C=O) groups is 1. The van der Waals surface area contributed by atoms with Crippen molar-refractivity contribution in [3.05, 3.63) is 46.4 Å². The standard InChI is InChI=1S/C15H17N3O3/c1-11-7-9-17(10-8-11)14(19)13-15(20)21-16-18(13)12-5-3-2-4-6-12/h2-6,11H,7-10H2,1H3/p+1. The highest BCUT2D eigenvalue weighted by Crippen LogP contribution is 2.16. The van der Waals surface area contributed by atoms with E-state index in [0.717, 1.165) is 12.8 Å². The quantitative estimate of drug-likeness (QED) is 0.842. The van der Waals surface area contributed by atoms with Crippen molar-refractivity contribution in [2.24, 2.45) is 5.92 Å². The van der Waals surface area contributed by atoms with E-state index in [4.69, 9.17) is 4.52 Å². The second kappa shape index (κ2) is 5.55. The minimum absolute atomic E-state index is 0.0238. The molecule has 21 heavy (non-hydrogen) atoms. The smallest absolute Gasteiger partial charge is 0.333 e. The van der Waals surface area contributed by atoms with Gasteiger partial charge in [-0.2, -0.15) is 0 Å². The summed E-state index contributed by atoms with van der Waals surface area (Å²) in [6.45, 7) is 3.54. The summed E-state index contributed by atoms with van der Waals surface area (Å²) < 4.78 is 6.22. The minimum atomic E-state index is -0.637. The Balaban J connectivity index is 1.94. The molecule has 1 aliphatic heterocycles. The van der Waals surface area contributed by atoms with E-state index in [1.165, 1.54) is 4.68 Å². The number of hydrogen-bond donors (Lipinski definition) is 1. The van der Waals surface area contributed by atoms with Crippen LogP contribution in [0.5, 0.6) is 0 Å². The highest BCUT2D eigenvalue weighted by molar-refractivity contribution is 5.90. The third-order valence-corrected chi connectivity index (χ3v) is 3.93. The molecule has 2 aromatic rings. The summed E-state index contributed by atoms with van der Waals surface area (Å²) in [5.41, 5.74) is 0.0790. The number of aromatic nitrogens is 2. The lowest BCUT2D eigenvalue weighted by Gasteiger charge is -2.28. The summed E-state index contributed by atoms with van der Waals surface area (Å²) in [6.07, 6.45) is 1.93. The summed E-state index contributed by atoms with van der Waals surface area (Å²) in [5.74, 6) is 0.346. The van der Waals surface area contributed by atoms with Gasteiger partial charge in [-0.15, -0.1) is 0 Å². The Bertz CT molecular complexity index is 682. The van der Waals surface area contributed by atoms with E-state index in [9.17, 15) is 9.59 Å². The predicted octanol–water partition coefficient (Wildman–Crippen LogP) is 1.12. The molecule has 1 aromatic carbocycles. The lowest BCUT2D eigenvalue weighted by molar-refractivity contribution is -0.672. The van der Waals surface area contributed by atoms with E-state index in [-0.39, 0.29) is 11.6 Å². The van der Waals surface area contributed by atoms with E-state index < -0.39 is 5.63 Å². The van der Waals surface area contributed by atoms with Crippen molar-refractivity contribution in [2.75, 3.05) is 13.1 Å². The first-order valence-corrected chi connectivity index (χ1v) is 7.15. The number of aromatic amines is 1. The van der Waals surface area contributed by atoms with E-state index in [2.05, 4.69) is 12.2 Å². The molecule has 0 atom stereocenters. The van der Waals surface area contributed by atoms with Crippen LogP contribution in [0.15, 0.2) is 39.6 Å². The summed E-state index contributed by atoms with van der Waals surface area (Å²) in [4.78, 5) is 26.2. The molecule has 6 nitrogen and oxygen atoms in total. The molecule has 1 saturated heterocycles. The highest BCUT2D eigenvalue weighted by atomic mass is 16.5. The third-order valence-electron chi connectivity index (χ3n) is 3.93. The van der Waals surface area contributed by atoms with Crippen LogP contribution in [0, 0.1) is 5.92 Å². The van der Waals surface area contributed by atoms with E-state index >= 15 is 0 Å². The van der Waals surface area contributed by atoms with Gasteiger partial charge < -0.3 is 4.90 Å². The van der Waals surface area contributed by atoms with Crippen molar-refractivity contribution < 1.29 is 14.0 Å². The summed E-state index contributed by atoms with van der Waals surface area (Å²) in [7, 11) is 0. The average Bonchev–Trinajstić information content (AvgIpc) is 2.90. The Hall–Kier alpha value is -2.37. The number of H-pyrrole nitrogens is 1. The molecule has 1 aliphatic rings. The molecule has 0 unspecified atom stereocenters. The Morgan fingerprint density at radius 3 is 2.62 bits per heavy atom. The van der Waals surface area contributed by atoms with Crippen molar-refractivity contribution >= 4 is 5.91 Å². The molecule has 3 rings (SSSR count). The second-order valence-corrected chi connectivity index (χ2v) is 5.48. The Kier molecular flexibility index (Phi) is 3.60. The van der Waals surface area contributed by atoms with Gasteiger partial charge in [0.1, 0.15) is 0 Å². The fraction of sp³-hybridized carbons (Fsp3) is 0.400. The van der Waals surface area contributed by atoms with Crippen molar-refractivity contribution in [3.63, 3.8) is 0 Å². The number of piperidine rings is 1. The maximum Gasteiger partial charge on any atom is 0.441 e. The monoisotopic (exact) mass is 288 g/mol. The third kappa shape index (κ3) is 2.61. The van der Waals surface area contributed by atoms with Gasteiger partial charge in [-0.25, -0.2) is 4.79 Å². The van der Waals surface area contributed by atoms with Gasteiger partial charge >= 0.3 is 17.2 Å². The molecule has 0 radical (unpaired) electrons. The normalized spacial score (nSPS) is 16.1. The molecule has 1 fully saturated rings. The first kappa shape index (κ1) is 13.6. The topological polar surface area (TPSA) is 70.2 Å². The Morgan fingerprint density at radius 2 is 1.95 bits per heavy atom. The van der Waals surface area contributed by atoms with Gasteiger partial charge in [-0.3, -0.25) is 9.32 Å². The predicted molar refractivity (Wildman–Crippen MR) is 75.2 cm³/mol. The van der Waals surface area contributed by atoms with Crippen molar-refractivity contribution in [2.45, 2.75) is 19.8 Å². The molecule has 0 saturated carbocycles. The van der Waals surface area contributed by atoms with Gasteiger partial charge in [0, 0.05) is 25.2 Å². The molecule has 6 heteroatoms. The van der Waals surface area contributed by atoms with Crippen molar-refractivity contribution in [1.29, 1.82) is 0 Å². The molecular formula is C15H18N3O3+. The Labute approximate surface area is 121 Å². The lowest BCUT2D eigenvalue weighted by Crippen LogP contribution is -2.48. The fourth-order valence-corrected chi connectivity index (χ4v) is 2.58. The van der Waals surface area contributed by atoms with Crippen LogP contribution >= 0.6 is 0 Å². The number of likely N-dealkylation sites (tertiary alicyclic amines) is 1. The van der Waals surface area contributed by atoms with Crippen LogP contribution in [0.4, 0.5) is 0 Å². The molecule has 0 spiro atoms. The first-order valence-electron chi connectivity index (χ1n) is 7.15. The van der Waals surface area contributed by atoms with E-state index in [0.29, 0.717) is 24.7 Å². The van der Waals surface area contributed by atoms with Gasteiger partial charge in [-0.05, 0) is 28.7 Å². The molecule has 1 aromatic heterocycles. The number of benzene rings is 1. The largest absolute Gasteiger partial charge is 0.441 e. The lowest BCUT2D eigenvalue weighted by atomic mass is 9.99. The van der Waals surface area contributed by atoms with E-state index in [1.807, 2.05) is 18.2 Å². The number of nitrogens with zero attached hydrogens (tertiary/aromatic N) is 2. The number of para-hydroxylation sites is 1. The summed E-state index contributed by atoms with van der Waals surface area (Å²) in [6, 6.07) is 9.16. The van der Waals surface area contributed by atoms with Crippen LogP contribution < -0.4 is 10.3 Å².